The van der Waals surface area contributed by atoms with Gasteiger partial charge in [-0.15, -0.1) is 0 Å². The van der Waals surface area contributed by atoms with Crippen LogP contribution in [0.5, 0.6) is 0 Å². The second-order valence-corrected chi connectivity index (χ2v) is 5.45. The maximum atomic E-state index is 13.3. The molecule has 0 saturated heterocycles. The van der Waals surface area contributed by atoms with Gasteiger partial charge >= 0.3 is 6.17 Å². The number of halogens is 2. The second kappa shape index (κ2) is 5.50. The molecule has 1 unspecified atom stereocenters. The third-order valence-electron chi connectivity index (χ3n) is 2.24. The summed E-state index contributed by atoms with van der Waals surface area (Å²) in [5, 5.41) is 15.2. The Morgan fingerprint density at radius 1 is 1.47 bits per heavy atom. The second-order valence-electron chi connectivity index (χ2n) is 3.88. The predicted octanol–water partition coefficient (Wildman–Crippen LogP) is -2.44. The van der Waals surface area contributed by atoms with E-state index in [4.69, 9.17) is 15.4 Å². The zero-order valence-corrected chi connectivity index (χ0v) is 10.5. The van der Waals surface area contributed by atoms with E-state index < -0.39 is 40.2 Å². The Labute approximate surface area is 108 Å². The fourth-order valence-electron chi connectivity index (χ4n) is 1.57. The molecular weight excluding hydrogens is 288 g/mol. The molecule has 12 heteroatoms. The van der Waals surface area contributed by atoms with E-state index in [0.29, 0.717) is 0 Å². The molecule has 1 heterocycles. The van der Waals surface area contributed by atoms with Gasteiger partial charge in [-0.2, -0.15) is 22.2 Å². The molecule has 1 aliphatic rings. The number of aliphatic hydroxyl groups is 1. The summed E-state index contributed by atoms with van der Waals surface area (Å²) in [7, 11) is -4.35. The number of hydrogen-bond acceptors (Lipinski definition) is 8. The van der Waals surface area contributed by atoms with Crippen LogP contribution in [0.25, 0.3) is 0 Å². The van der Waals surface area contributed by atoms with Gasteiger partial charge in [0.05, 0.1) is 12.4 Å². The summed E-state index contributed by atoms with van der Waals surface area (Å²) >= 11 is 0. The van der Waals surface area contributed by atoms with Gasteiger partial charge in [0.2, 0.25) is 0 Å². The van der Waals surface area contributed by atoms with Crippen LogP contribution in [-0.2, 0) is 10.1 Å². The normalized spacial score (nSPS) is 26.6. The first kappa shape index (κ1) is 16.0. The van der Waals surface area contributed by atoms with Gasteiger partial charge in [0, 0.05) is 13.0 Å². The van der Waals surface area contributed by atoms with Crippen molar-refractivity contribution in [2.45, 2.75) is 18.4 Å². The van der Waals surface area contributed by atoms with Gasteiger partial charge in [-0.25, -0.2) is 5.32 Å². The molecule has 0 radical (unpaired) electrons. The summed E-state index contributed by atoms with van der Waals surface area (Å²) in [4.78, 5) is 2.79. The van der Waals surface area contributed by atoms with Crippen LogP contribution in [0.3, 0.4) is 0 Å². The highest BCUT2D eigenvalue weighted by Gasteiger charge is 2.45. The predicted molar refractivity (Wildman–Crippen MR) is 61.7 cm³/mol. The Morgan fingerprint density at radius 3 is 2.58 bits per heavy atom. The quantitative estimate of drug-likeness (QED) is 0.234. The molecule has 0 aromatic carbocycles. The molecule has 7 N–H and O–H groups in total. The minimum atomic E-state index is -4.35. The average Bonchev–Trinajstić information content (AvgIpc) is 2.20. The number of hydrogen-bond donors (Lipinski definition) is 6. The average molecular weight is 303 g/mol. The molecule has 0 aromatic heterocycles. The minimum Gasteiger partial charge on any atom is -0.395 e. The van der Waals surface area contributed by atoms with Crippen LogP contribution in [0.1, 0.15) is 6.42 Å². The summed E-state index contributed by atoms with van der Waals surface area (Å²) < 4.78 is 56.6. The molecular formula is C7H15F2N5O4S. The number of aliphatic hydroxyl groups excluding tert-OH is 1. The maximum Gasteiger partial charge on any atom is 0.411 e. The van der Waals surface area contributed by atoms with E-state index >= 15 is 0 Å². The first-order chi connectivity index (χ1) is 8.58. The minimum absolute atomic E-state index is 0.116. The van der Waals surface area contributed by atoms with Gasteiger partial charge in [0.25, 0.3) is 10.1 Å². The Bertz CT molecular complexity index is 456. The number of alkyl halides is 2. The van der Waals surface area contributed by atoms with Crippen LogP contribution in [-0.4, -0.2) is 54.9 Å². The van der Waals surface area contributed by atoms with Crippen molar-refractivity contribution in [3.8, 4) is 0 Å². The molecule has 0 fully saturated rings. The summed E-state index contributed by atoms with van der Waals surface area (Å²) in [5.74, 6) is -3.22. The van der Waals surface area contributed by atoms with E-state index in [1.807, 2.05) is 0 Å². The monoisotopic (exact) mass is 303 g/mol. The number of nitrogens with two attached hydrogens (primary N) is 1. The highest BCUT2D eigenvalue weighted by molar-refractivity contribution is 7.85. The molecule has 0 amide bonds. The third kappa shape index (κ3) is 5.20. The van der Waals surface area contributed by atoms with Crippen molar-refractivity contribution in [2.75, 3.05) is 18.9 Å². The van der Waals surface area contributed by atoms with E-state index in [1.54, 1.807) is 5.32 Å². The van der Waals surface area contributed by atoms with Gasteiger partial charge < -0.3 is 16.2 Å². The molecule has 9 nitrogen and oxygen atoms in total. The van der Waals surface area contributed by atoms with Gasteiger partial charge in [-0.05, 0) is 0 Å². The maximum absolute atomic E-state index is 13.3. The first-order valence-electron chi connectivity index (χ1n) is 5.19. The number of nitrogens with zero attached hydrogens (tertiary/aromatic N) is 1. The fraction of sp³-hybridized carbons (Fsp3) is 0.857. The summed E-state index contributed by atoms with van der Waals surface area (Å²) in [6.07, 6.45) is -4.19. The lowest BCUT2D eigenvalue weighted by Crippen LogP contribution is -2.75. The van der Waals surface area contributed by atoms with Crippen LogP contribution < -0.4 is 21.7 Å². The largest absolute Gasteiger partial charge is 0.411 e. The lowest BCUT2D eigenvalue weighted by Gasteiger charge is -2.41. The van der Waals surface area contributed by atoms with Crippen molar-refractivity contribution >= 4 is 16.1 Å². The number of nitrogens with one attached hydrogen (secondary N) is 3. The molecule has 0 aromatic rings. The zero-order chi connectivity index (χ0) is 14.7. The van der Waals surface area contributed by atoms with Crippen LogP contribution in [0.4, 0.5) is 8.78 Å². The Kier molecular flexibility index (Phi) is 4.63. The number of aliphatic imine (C=N–C) groups is 1. The van der Waals surface area contributed by atoms with Gasteiger partial charge in [0.1, 0.15) is 0 Å². The number of rotatable bonds is 6. The molecule has 0 aliphatic carbocycles. The number of guanidine groups is 1. The smallest absolute Gasteiger partial charge is 0.395 e. The van der Waals surface area contributed by atoms with Crippen molar-refractivity contribution < 1.29 is 26.9 Å². The lowest BCUT2D eigenvalue weighted by atomic mass is 10.2. The molecule has 0 saturated carbocycles. The summed E-state index contributed by atoms with van der Waals surface area (Å²) in [6.45, 7) is -0.492. The standard InChI is InChI=1S/C7H15F2N5O4S/c8-7(9)13-5(10)12-6(14-7,11-2-3-15)1-4-19(16,17)18/h11,14-15H,1-4H2,(H3,10,12,13)(H,16,17,18). The molecule has 112 valence electrons. The third-order valence-corrected chi connectivity index (χ3v) is 2.96. The van der Waals surface area contributed by atoms with Gasteiger partial charge in [-0.1, -0.05) is 0 Å². The summed E-state index contributed by atoms with van der Waals surface area (Å²) in [6, 6.07) is 0. The summed E-state index contributed by atoms with van der Waals surface area (Å²) in [5.41, 5.74) is 5.20. The Hall–Kier alpha value is -1.08. The Balaban J connectivity index is 2.91. The van der Waals surface area contributed by atoms with Crippen LogP contribution in [0.2, 0.25) is 0 Å². The van der Waals surface area contributed by atoms with Gasteiger partial charge in [-0.3, -0.25) is 9.87 Å². The van der Waals surface area contributed by atoms with Crippen LogP contribution >= 0.6 is 0 Å². The van der Waals surface area contributed by atoms with Crippen molar-refractivity contribution in [1.82, 2.24) is 16.0 Å². The molecule has 19 heavy (non-hydrogen) atoms. The van der Waals surface area contributed by atoms with Crippen LogP contribution in [0, 0.1) is 0 Å². The van der Waals surface area contributed by atoms with E-state index in [0.717, 1.165) is 0 Å². The van der Waals surface area contributed by atoms with E-state index in [9.17, 15) is 17.2 Å². The van der Waals surface area contributed by atoms with E-state index in [2.05, 4.69) is 15.6 Å². The molecule has 1 rings (SSSR count). The highest BCUT2D eigenvalue weighted by atomic mass is 32.2. The van der Waals surface area contributed by atoms with E-state index in [1.165, 1.54) is 0 Å². The Morgan fingerprint density at radius 2 is 2.11 bits per heavy atom. The highest BCUT2D eigenvalue weighted by Crippen LogP contribution is 2.20. The van der Waals surface area contributed by atoms with Gasteiger partial charge in [0.15, 0.2) is 11.7 Å². The van der Waals surface area contributed by atoms with Crippen LogP contribution in [0.15, 0.2) is 4.99 Å². The van der Waals surface area contributed by atoms with Crippen molar-refractivity contribution in [3.63, 3.8) is 0 Å². The SMILES string of the molecule is NC1=NC(F)(F)NC(CCS(=O)(=O)O)(NCCO)N1. The first-order valence-corrected chi connectivity index (χ1v) is 6.80. The molecule has 1 aliphatic heterocycles. The lowest BCUT2D eigenvalue weighted by molar-refractivity contribution is -0.0767. The van der Waals surface area contributed by atoms with Crippen molar-refractivity contribution in [3.05, 3.63) is 0 Å². The molecule has 0 spiro atoms. The topological polar surface area (TPSA) is 149 Å². The van der Waals surface area contributed by atoms with E-state index in [-0.39, 0.29) is 13.2 Å². The molecule has 0 bridgehead atoms. The fourth-order valence-corrected chi connectivity index (χ4v) is 2.13. The molecule has 1 atom stereocenters. The van der Waals surface area contributed by atoms with Crippen molar-refractivity contribution in [2.24, 2.45) is 10.7 Å². The van der Waals surface area contributed by atoms with Crippen molar-refractivity contribution in [1.29, 1.82) is 0 Å². The zero-order valence-electron chi connectivity index (χ0n) is 9.73.